The summed E-state index contributed by atoms with van der Waals surface area (Å²) >= 11 is 3.43. The van der Waals surface area contributed by atoms with Crippen LogP contribution in [0.3, 0.4) is 0 Å². The molecule has 1 aromatic rings. The van der Waals surface area contributed by atoms with E-state index in [-0.39, 0.29) is 11.8 Å². The lowest BCUT2D eigenvalue weighted by atomic mass is 10.1. The molecule has 1 amide bonds. The van der Waals surface area contributed by atoms with Gasteiger partial charge in [-0.2, -0.15) is 0 Å². The molecular formula is C14H21BrN2O2. The van der Waals surface area contributed by atoms with Crippen molar-refractivity contribution in [3.8, 4) is 5.75 Å². The van der Waals surface area contributed by atoms with Crippen molar-refractivity contribution in [2.24, 2.45) is 11.7 Å². The van der Waals surface area contributed by atoms with E-state index < -0.39 is 0 Å². The molecule has 4 nitrogen and oxygen atoms in total. The molecule has 1 atom stereocenters. The molecule has 0 radical (unpaired) electrons. The predicted molar refractivity (Wildman–Crippen MR) is 80.2 cm³/mol. The van der Waals surface area contributed by atoms with Gasteiger partial charge in [-0.25, -0.2) is 0 Å². The van der Waals surface area contributed by atoms with Crippen molar-refractivity contribution in [2.75, 3.05) is 20.2 Å². The second-order valence-corrected chi connectivity index (χ2v) is 5.25. The molecule has 1 unspecified atom stereocenters. The summed E-state index contributed by atoms with van der Waals surface area (Å²) in [5.74, 6) is 0.770. The third-order valence-corrected chi connectivity index (χ3v) is 3.58. The summed E-state index contributed by atoms with van der Waals surface area (Å²) in [4.78, 5) is 11.8. The van der Waals surface area contributed by atoms with Crippen LogP contribution in [0.2, 0.25) is 0 Å². The SMILES string of the molecule is CCC(CN)C(=O)NCCc1cc(Br)ccc1OC. The second-order valence-electron chi connectivity index (χ2n) is 4.34. The molecule has 0 aliphatic rings. The van der Waals surface area contributed by atoms with E-state index in [1.807, 2.05) is 25.1 Å². The minimum Gasteiger partial charge on any atom is -0.496 e. The molecule has 0 aromatic heterocycles. The van der Waals surface area contributed by atoms with Crippen molar-refractivity contribution in [1.29, 1.82) is 0 Å². The number of hydrogen-bond acceptors (Lipinski definition) is 3. The highest BCUT2D eigenvalue weighted by Crippen LogP contribution is 2.23. The first-order valence-electron chi connectivity index (χ1n) is 6.42. The monoisotopic (exact) mass is 328 g/mol. The highest BCUT2D eigenvalue weighted by Gasteiger charge is 2.13. The minimum atomic E-state index is -0.0931. The molecule has 1 aromatic carbocycles. The molecule has 1 rings (SSSR count). The van der Waals surface area contributed by atoms with Gasteiger partial charge in [0.1, 0.15) is 5.75 Å². The Hall–Kier alpha value is -1.07. The van der Waals surface area contributed by atoms with Gasteiger partial charge in [0.15, 0.2) is 0 Å². The van der Waals surface area contributed by atoms with Crippen LogP contribution in [-0.2, 0) is 11.2 Å². The normalized spacial score (nSPS) is 12.0. The fourth-order valence-electron chi connectivity index (χ4n) is 1.87. The lowest BCUT2D eigenvalue weighted by Gasteiger charge is -2.13. The van der Waals surface area contributed by atoms with Gasteiger partial charge in [0.05, 0.1) is 7.11 Å². The fourth-order valence-corrected chi connectivity index (χ4v) is 2.27. The molecule has 0 aliphatic carbocycles. The van der Waals surface area contributed by atoms with E-state index in [0.29, 0.717) is 13.1 Å². The number of carbonyl (C=O) groups is 1. The summed E-state index contributed by atoms with van der Waals surface area (Å²) in [5.41, 5.74) is 6.61. The molecule has 0 fully saturated rings. The number of benzene rings is 1. The zero-order valence-corrected chi connectivity index (χ0v) is 13.0. The van der Waals surface area contributed by atoms with Gasteiger partial charge in [0.25, 0.3) is 0 Å². The van der Waals surface area contributed by atoms with E-state index >= 15 is 0 Å². The van der Waals surface area contributed by atoms with Crippen molar-refractivity contribution < 1.29 is 9.53 Å². The smallest absolute Gasteiger partial charge is 0.224 e. The summed E-state index contributed by atoms with van der Waals surface area (Å²) in [6.45, 7) is 2.94. The fraction of sp³-hybridized carbons (Fsp3) is 0.500. The third kappa shape index (κ3) is 4.84. The maximum atomic E-state index is 11.8. The van der Waals surface area contributed by atoms with E-state index in [1.54, 1.807) is 7.11 Å². The number of nitrogens with two attached hydrogens (primary N) is 1. The van der Waals surface area contributed by atoms with Crippen LogP contribution in [0.5, 0.6) is 5.75 Å². The van der Waals surface area contributed by atoms with Crippen LogP contribution >= 0.6 is 15.9 Å². The molecule has 0 bridgehead atoms. The topological polar surface area (TPSA) is 64.4 Å². The Balaban J connectivity index is 2.53. The van der Waals surface area contributed by atoms with Crippen molar-refractivity contribution in [3.63, 3.8) is 0 Å². The van der Waals surface area contributed by atoms with E-state index in [2.05, 4.69) is 21.2 Å². The molecule has 0 saturated carbocycles. The van der Waals surface area contributed by atoms with Gasteiger partial charge in [0, 0.05) is 23.5 Å². The number of rotatable bonds is 7. The Bertz CT molecular complexity index is 420. The molecule has 3 N–H and O–H groups in total. The van der Waals surface area contributed by atoms with Gasteiger partial charge in [-0.1, -0.05) is 22.9 Å². The first kappa shape index (κ1) is 16.0. The summed E-state index contributed by atoms with van der Waals surface area (Å²) in [6.07, 6.45) is 1.50. The Morgan fingerprint density at radius 2 is 2.26 bits per heavy atom. The van der Waals surface area contributed by atoms with Crippen LogP contribution in [0.4, 0.5) is 0 Å². The minimum absolute atomic E-state index is 0.0268. The Kier molecular flexibility index (Phi) is 6.87. The van der Waals surface area contributed by atoms with Crippen LogP contribution in [-0.4, -0.2) is 26.1 Å². The quantitative estimate of drug-likeness (QED) is 0.805. The number of methoxy groups -OCH3 is 1. The van der Waals surface area contributed by atoms with Crippen LogP contribution in [0.15, 0.2) is 22.7 Å². The number of carbonyl (C=O) groups excluding carboxylic acids is 1. The number of nitrogens with one attached hydrogen (secondary N) is 1. The average molecular weight is 329 g/mol. The number of halogens is 1. The third-order valence-electron chi connectivity index (χ3n) is 3.08. The maximum Gasteiger partial charge on any atom is 0.224 e. The van der Waals surface area contributed by atoms with Crippen LogP contribution in [0, 0.1) is 5.92 Å². The molecule has 19 heavy (non-hydrogen) atoms. The standard InChI is InChI=1S/C14H21BrN2O2/c1-3-10(9-16)14(18)17-7-6-11-8-12(15)4-5-13(11)19-2/h4-5,8,10H,3,6-7,9,16H2,1-2H3,(H,17,18). The van der Waals surface area contributed by atoms with Gasteiger partial charge in [-0.3, -0.25) is 4.79 Å². The van der Waals surface area contributed by atoms with E-state index in [9.17, 15) is 4.79 Å². The summed E-state index contributed by atoms with van der Waals surface area (Å²) < 4.78 is 6.30. The van der Waals surface area contributed by atoms with Gasteiger partial charge in [-0.05, 0) is 36.6 Å². The molecule has 0 spiro atoms. The molecule has 0 aliphatic heterocycles. The Morgan fingerprint density at radius 1 is 1.53 bits per heavy atom. The van der Waals surface area contributed by atoms with E-state index in [1.165, 1.54) is 0 Å². The van der Waals surface area contributed by atoms with E-state index in [4.69, 9.17) is 10.5 Å². The largest absolute Gasteiger partial charge is 0.496 e. The molecule has 106 valence electrons. The Labute approximate surface area is 122 Å². The maximum absolute atomic E-state index is 11.8. The molecule has 0 saturated heterocycles. The first-order valence-corrected chi connectivity index (χ1v) is 7.21. The average Bonchev–Trinajstić information content (AvgIpc) is 2.40. The summed E-state index contributed by atoms with van der Waals surface area (Å²) in [5, 5.41) is 2.91. The van der Waals surface area contributed by atoms with Crippen molar-refractivity contribution in [1.82, 2.24) is 5.32 Å². The highest BCUT2D eigenvalue weighted by molar-refractivity contribution is 9.10. The lowest BCUT2D eigenvalue weighted by Crippen LogP contribution is -2.35. The second kappa shape index (κ2) is 8.17. The first-order chi connectivity index (χ1) is 9.12. The number of hydrogen-bond donors (Lipinski definition) is 2. The highest BCUT2D eigenvalue weighted by atomic mass is 79.9. The number of ether oxygens (including phenoxy) is 1. The van der Waals surface area contributed by atoms with Crippen molar-refractivity contribution in [3.05, 3.63) is 28.2 Å². The van der Waals surface area contributed by atoms with Gasteiger partial charge < -0.3 is 15.8 Å². The zero-order chi connectivity index (χ0) is 14.3. The van der Waals surface area contributed by atoms with Crippen molar-refractivity contribution in [2.45, 2.75) is 19.8 Å². The molecule has 0 heterocycles. The summed E-state index contributed by atoms with van der Waals surface area (Å²) in [6, 6.07) is 5.85. The number of amides is 1. The Morgan fingerprint density at radius 3 is 2.84 bits per heavy atom. The zero-order valence-electron chi connectivity index (χ0n) is 11.4. The van der Waals surface area contributed by atoms with Gasteiger partial charge >= 0.3 is 0 Å². The van der Waals surface area contributed by atoms with Crippen LogP contribution in [0.1, 0.15) is 18.9 Å². The van der Waals surface area contributed by atoms with Crippen molar-refractivity contribution >= 4 is 21.8 Å². The lowest BCUT2D eigenvalue weighted by molar-refractivity contribution is -0.124. The van der Waals surface area contributed by atoms with Crippen LogP contribution < -0.4 is 15.8 Å². The summed E-state index contributed by atoms with van der Waals surface area (Å²) in [7, 11) is 1.65. The molecular weight excluding hydrogens is 308 g/mol. The van der Waals surface area contributed by atoms with Crippen LogP contribution in [0.25, 0.3) is 0 Å². The molecule has 5 heteroatoms. The van der Waals surface area contributed by atoms with Gasteiger partial charge in [-0.15, -0.1) is 0 Å². The van der Waals surface area contributed by atoms with E-state index in [0.717, 1.165) is 28.6 Å². The van der Waals surface area contributed by atoms with Gasteiger partial charge in [0.2, 0.25) is 5.91 Å². The predicted octanol–water partition coefficient (Wildman–Crippen LogP) is 2.10.